The predicted molar refractivity (Wildman–Crippen MR) is 92.7 cm³/mol. The summed E-state index contributed by atoms with van der Waals surface area (Å²) in [6.45, 7) is 6.02. The van der Waals surface area contributed by atoms with E-state index >= 15 is 0 Å². The topological polar surface area (TPSA) is 44.1 Å². The second-order valence-corrected chi connectivity index (χ2v) is 6.62. The Balaban J connectivity index is 2.36. The molecule has 0 radical (unpaired) electrons. The van der Waals surface area contributed by atoms with Gasteiger partial charge in [-0.15, -0.1) is 0 Å². The monoisotopic (exact) mass is 354 g/mol. The maximum absolute atomic E-state index is 12.0. The molecule has 1 aromatic carbocycles. The molecule has 0 fully saturated rings. The Morgan fingerprint density at radius 1 is 1.26 bits per heavy atom. The highest BCUT2D eigenvalue weighted by atomic mass is 35.5. The second-order valence-electron chi connectivity index (χ2n) is 5.81. The Hall–Kier alpha value is -1.52. The third kappa shape index (κ3) is 4.72. The first-order valence-corrected chi connectivity index (χ1v) is 8.41. The fourth-order valence-electron chi connectivity index (χ4n) is 2.15. The smallest absolute Gasteiger partial charge is 0.312 e. The minimum absolute atomic E-state index is 0.235. The summed E-state index contributed by atoms with van der Waals surface area (Å²) in [4.78, 5) is 12.0. The van der Waals surface area contributed by atoms with Crippen LogP contribution in [0.15, 0.2) is 24.3 Å². The van der Waals surface area contributed by atoms with Gasteiger partial charge in [-0.25, -0.2) is 4.68 Å². The largest absolute Gasteiger partial charge is 0.407 e. The fourth-order valence-corrected chi connectivity index (χ4v) is 2.45. The molecule has 1 heterocycles. The number of rotatable bonds is 6. The van der Waals surface area contributed by atoms with E-state index in [0.717, 1.165) is 18.5 Å². The Morgan fingerprint density at radius 3 is 2.61 bits per heavy atom. The SMILES string of the molecule is CCCc1cc(OC(=O)CC(C)C)n(-c2ccc(Cl)c(Cl)c2)n1. The van der Waals surface area contributed by atoms with Crippen molar-refractivity contribution in [2.75, 3.05) is 0 Å². The molecule has 2 rings (SSSR count). The number of ether oxygens (including phenoxy) is 1. The van der Waals surface area contributed by atoms with E-state index in [1.54, 1.807) is 28.9 Å². The van der Waals surface area contributed by atoms with Gasteiger partial charge in [0, 0.05) is 12.5 Å². The molecule has 0 atom stereocenters. The molecule has 0 aliphatic rings. The highest BCUT2D eigenvalue weighted by Gasteiger charge is 2.16. The fraction of sp³-hybridized carbons (Fsp3) is 0.412. The normalized spacial score (nSPS) is 11.0. The first-order valence-electron chi connectivity index (χ1n) is 7.65. The van der Waals surface area contributed by atoms with Crippen molar-refractivity contribution in [2.24, 2.45) is 5.92 Å². The summed E-state index contributed by atoms with van der Waals surface area (Å²) < 4.78 is 7.08. The highest BCUT2D eigenvalue weighted by Crippen LogP contribution is 2.27. The first kappa shape index (κ1) is 17.8. The Morgan fingerprint density at radius 2 is 2.00 bits per heavy atom. The van der Waals surface area contributed by atoms with Crippen LogP contribution < -0.4 is 4.74 Å². The van der Waals surface area contributed by atoms with Crippen LogP contribution in [-0.4, -0.2) is 15.7 Å². The van der Waals surface area contributed by atoms with Crippen LogP contribution in [-0.2, 0) is 11.2 Å². The zero-order valence-corrected chi connectivity index (χ0v) is 15.0. The third-order valence-electron chi connectivity index (χ3n) is 3.17. The van der Waals surface area contributed by atoms with Gasteiger partial charge >= 0.3 is 5.97 Å². The summed E-state index contributed by atoms with van der Waals surface area (Å²) in [6.07, 6.45) is 2.12. The van der Waals surface area contributed by atoms with Crippen molar-refractivity contribution in [3.63, 3.8) is 0 Å². The van der Waals surface area contributed by atoms with Crippen molar-refractivity contribution in [1.82, 2.24) is 9.78 Å². The minimum Gasteiger partial charge on any atom is -0.407 e. The number of halogens is 2. The molecule has 0 spiro atoms. The molecule has 0 aliphatic carbocycles. The van der Waals surface area contributed by atoms with Crippen molar-refractivity contribution in [3.05, 3.63) is 40.0 Å². The Labute approximate surface area is 146 Å². The maximum Gasteiger partial charge on any atom is 0.312 e. The van der Waals surface area contributed by atoms with Gasteiger partial charge < -0.3 is 4.74 Å². The van der Waals surface area contributed by atoms with E-state index in [0.29, 0.717) is 28.0 Å². The lowest BCUT2D eigenvalue weighted by molar-refractivity contribution is -0.135. The summed E-state index contributed by atoms with van der Waals surface area (Å²) in [5, 5.41) is 5.41. The lowest BCUT2D eigenvalue weighted by Gasteiger charge is -2.09. The van der Waals surface area contributed by atoms with E-state index < -0.39 is 0 Å². The van der Waals surface area contributed by atoms with Gasteiger partial charge in [-0.2, -0.15) is 5.10 Å². The van der Waals surface area contributed by atoms with Gasteiger partial charge in [0.15, 0.2) is 0 Å². The molecule has 23 heavy (non-hydrogen) atoms. The van der Waals surface area contributed by atoms with Crippen LogP contribution in [0.5, 0.6) is 5.88 Å². The summed E-state index contributed by atoms with van der Waals surface area (Å²) in [5.74, 6) is 0.362. The van der Waals surface area contributed by atoms with Gasteiger partial charge in [0.1, 0.15) is 0 Å². The van der Waals surface area contributed by atoms with Crippen molar-refractivity contribution in [3.8, 4) is 11.6 Å². The van der Waals surface area contributed by atoms with Gasteiger partial charge in [0.05, 0.1) is 21.4 Å². The molecule has 0 amide bonds. The van der Waals surface area contributed by atoms with Crippen LogP contribution in [0.3, 0.4) is 0 Å². The number of hydrogen-bond donors (Lipinski definition) is 0. The number of aromatic nitrogens is 2. The molecule has 0 bridgehead atoms. The summed E-state index contributed by atoms with van der Waals surface area (Å²) in [7, 11) is 0. The standard InChI is InChI=1S/C17H20Cl2N2O2/c1-4-5-12-9-16(23-17(22)8-11(2)3)21(20-12)13-6-7-14(18)15(19)10-13/h6-7,9-11H,4-5,8H2,1-3H3. The average molecular weight is 355 g/mol. The summed E-state index contributed by atoms with van der Waals surface area (Å²) in [6, 6.07) is 6.98. The van der Waals surface area contributed by atoms with Crippen molar-refractivity contribution in [2.45, 2.75) is 40.0 Å². The number of esters is 1. The predicted octanol–water partition coefficient (Wildman–Crippen LogP) is 5.08. The Bertz CT molecular complexity index is 696. The number of benzene rings is 1. The van der Waals surface area contributed by atoms with Crippen LogP contribution in [0.1, 0.15) is 39.3 Å². The average Bonchev–Trinajstić information content (AvgIpc) is 2.84. The second kappa shape index (κ2) is 7.84. The Kier molecular flexibility index (Phi) is 6.08. The third-order valence-corrected chi connectivity index (χ3v) is 3.91. The number of carbonyl (C=O) groups excluding carboxylic acids is 1. The van der Waals surface area contributed by atoms with Crippen molar-refractivity contribution >= 4 is 29.2 Å². The zero-order chi connectivity index (χ0) is 17.0. The van der Waals surface area contributed by atoms with Crippen molar-refractivity contribution < 1.29 is 9.53 Å². The van der Waals surface area contributed by atoms with E-state index in [9.17, 15) is 4.79 Å². The molecule has 0 saturated carbocycles. The number of carbonyl (C=O) groups is 1. The van der Waals surface area contributed by atoms with E-state index in [-0.39, 0.29) is 11.9 Å². The van der Waals surface area contributed by atoms with E-state index in [1.807, 2.05) is 13.8 Å². The van der Waals surface area contributed by atoms with Gasteiger partial charge in [-0.3, -0.25) is 4.79 Å². The van der Waals surface area contributed by atoms with Crippen LogP contribution >= 0.6 is 23.2 Å². The molecule has 6 heteroatoms. The molecule has 4 nitrogen and oxygen atoms in total. The molecule has 0 aliphatic heterocycles. The molecule has 0 N–H and O–H groups in total. The molecular formula is C17H20Cl2N2O2. The van der Waals surface area contributed by atoms with Crippen LogP contribution in [0, 0.1) is 5.92 Å². The van der Waals surface area contributed by atoms with Gasteiger partial charge in [-0.1, -0.05) is 50.4 Å². The van der Waals surface area contributed by atoms with E-state index in [2.05, 4.69) is 12.0 Å². The lowest BCUT2D eigenvalue weighted by Crippen LogP contribution is -2.13. The minimum atomic E-state index is -0.274. The van der Waals surface area contributed by atoms with Gasteiger partial charge in [0.2, 0.25) is 5.88 Å². The molecule has 1 aromatic heterocycles. The molecule has 0 unspecified atom stereocenters. The molecule has 0 saturated heterocycles. The number of hydrogen-bond acceptors (Lipinski definition) is 3. The number of nitrogens with zero attached hydrogens (tertiary/aromatic N) is 2. The first-order chi connectivity index (χ1) is 10.9. The van der Waals surface area contributed by atoms with Gasteiger partial charge in [0.25, 0.3) is 0 Å². The molecule has 124 valence electrons. The highest BCUT2D eigenvalue weighted by molar-refractivity contribution is 6.42. The van der Waals surface area contributed by atoms with Crippen molar-refractivity contribution in [1.29, 1.82) is 0 Å². The summed E-state index contributed by atoms with van der Waals surface area (Å²) >= 11 is 12.0. The van der Waals surface area contributed by atoms with E-state index in [1.165, 1.54) is 0 Å². The van der Waals surface area contributed by atoms with Crippen LogP contribution in [0.4, 0.5) is 0 Å². The maximum atomic E-state index is 12.0. The quantitative estimate of drug-likeness (QED) is 0.679. The summed E-state index contributed by atoms with van der Waals surface area (Å²) in [5.41, 5.74) is 1.57. The van der Waals surface area contributed by atoms with Crippen LogP contribution in [0.25, 0.3) is 5.69 Å². The molecule has 2 aromatic rings. The van der Waals surface area contributed by atoms with Gasteiger partial charge in [-0.05, 0) is 30.5 Å². The zero-order valence-electron chi connectivity index (χ0n) is 13.5. The van der Waals surface area contributed by atoms with Crippen LogP contribution in [0.2, 0.25) is 10.0 Å². The number of aryl methyl sites for hydroxylation is 1. The lowest BCUT2D eigenvalue weighted by atomic mass is 10.1. The molecular weight excluding hydrogens is 335 g/mol. The van der Waals surface area contributed by atoms with E-state index in [4.69, 9.17) is 27.9 Å².